The Hall–Kier alpha value is -1.58. The molecule has 0 aromatic rings. The molecule has 202 valence electrons. The normalized spacial score (nSPS) is 39.9. The molecule has 4 aliphatic rings. The van der Waals surface area contributed by atoms with Gasteiger partial charge in [0, 0.05) is 12.3 Å². The molecule has 0 radical (unpaired) electrons. The summed E-state index contributed by atoms with van der Waals surface area (Å²) in [5.41, 5.74) is 4.85. The second kappa shape index (κ2) is 9.31. The Labute approximate surface area is 219 Å². The summed E-state index contributed by atoms with van der Waals surface area (Å²) in [5, 5.41) is 10.3. The van der Waals surface area contributed by atoms with Crippen molar-refractivity contribution in [2.24, 2.45) is 39.4 Å². The summed E-state index contributed by atoms with van der Waals surface area (Å²) in [6.07, 6.45) is 12.4. The number of carbonyl (C=O) groups is 2. The van der Waals surface area contributed by atoms with Gasteiger partial charge in [0.1, 0.15) is 6.10 Å². The summed E-state index contributed by atoms with van der Waals surface area (Å²) < 4.78 is 5.84. The third-order valence-electron chi connectivity index (χ3n) is 11.9. The predicted octanol–water partition coefficient (Wildman–Crippen LogP) is 8.11. The molecular weight excluding hydrogens is 448 g/mol. The fraction of sp³-hybridized carbons (Fsp3) is 0.812. The van der Waals surface area contributed by atoms with E-state index in [4.69, 9.17) is 4.74 Å². The highest BCUT2D eigenvalue weighted by atomic mass is 16.5. The number of ether oxygens (including phenoxy) is 1. The van der Waals surface area contributed by atoms with Crippen LogP contribution < -0.4 is 0 Å². The van der Waals surface area contributed by atoms with E-state index in [1.54, 1.807) is 11.1 Å². The Kier molecular flexibility index (Phi) is 7.10. The average molecular weight is 499 g/mol. The highest BCUT2D eigenvalue weighted by molar-refractivity contribution is 5.70. The van der Waals surface area contributed by atoms with E-state index in [2.05, 4.69) is 54.5 Å². The lowest BCUT2D eigenvalue weighted by molar-refractivity contribution is -0.167. The van der Waals surface area contributed by atoms with E-state index in [0.717, 1.165) is 64.2 Å². The maximum atomic E-state index is 12.5. The van der Waals surface area contributed by atoms with Crippen LogP contribution >= 0.6 is 0 Å². The average Bonchev–Trinajstić information content (AvgIpc) is 3.04. The summed E-state index contributed by atoms with van der Waals surface area (Å²) in [6, 6.07) is 0. The molecule has 7 atom stereocenters. The van der Waals surface area contributed by atoms with Gasteiger partial charge in [0.2, 0.25) is 0 Å². The van der Waals surface area contributed by atoms with Crippen LogP contribution in [0.2, 0.25) is 0 Å². The van der Waals surface area contributed by atoms with Crippen molar-refractivity contribution in [3.63, 3.8) is 0 Å². The summed E-state index contributed by atoms with van der Waals surface area (Å²) >= 11 is 0. The zero-order chi connectivity index (χ0) is 26.7. The number of hydrogen-bond acceptors (Lipinski definition) is 3. The molecule has 0 aromatic carbocycles. The first-order chi connectivity index (χ1) is 16.7. The molecule has 4 rings (SSSR count). The molecular formula is C32H50O4. The zero-order valence-electron chi connectivity index (χ0n) is 24.1. The van der Waals surface area contributed by atoms with Gasteiger partial charge in [-0.1, -0.05) is 57.4 Å². The molecule has 1 N–H and O–H groups in total. The Balaban J connectivity index is 1.67. The van der Waals surface area contributed by atoms with E-state index in [1.807, 2.05) is 0 Å². The van der Waals surface area contributed by atoms with Gasteiger partial charge < -0.3 is 9.84 Å². The van der Waals surface area contributed by atoms with Gasteiger partial charge in [-0.05, 0) is 106 Å². The number of carboxylic acid groups (broad SMARTS) is 1. The molecule has 2 fully saturated rings. The maximum Gasteiger partial charge on any atom is 0.306 e. The molecule has 4 aliphatic carbocycles. The van der Waals surface area contributed by atoms with Crippen LogP contribution in [-0.2, 0) is 14.3 Å². The van der Waals surface area contributed by atoms with Crippen molar-refractivity contribution in [1.29, 1.82) is 0 Å². The molecule has 4 heteroatoms. The molecule has 0 aromatic heterocycles. The number of carboxylic acids is 1. The van der Waals surface area contributed by atoms with Crippen molar-refractivity contribution < 1.29 is 19.4 Å². The Bertz CT molecular complexity index is 969. The SMILES string of the molecule is CC(=O)O[C@@H]1CC[C@]2(C)C3=C(CC[C@@H]2C1(C)C)[C@@]1(C)CC[C@H]([C@@H](CCC=C(C)C)C(=O)O)[C@@]1(C)CC3. The van der Waals surface area contributed by atoms with Crippen LogP contribution in [0.3, 0.4) is 0 Å². The number of fused-ring (bicyclic) bond motifs is 4. The topological polar surface area (TPSA) is 63.6 Å². The third kappa shape index (κ3) is 4.09. The Morgan fingerprint density at radius 2 is 1.67 bits per heavy atom. The van der Waals surface area contributed by atoms with Gasteiger partial charge >= 0.3 is 11.9 Å². The highest BCUT2D eigenvalue weighted by Crippen LogP contribution is 2.72. The van der Waals surface area contributed by atoms with E-state index in [-0.39, 0.29) is 45.6 Å². The standard InChI is InChI=1S/C32H50O4/c1-20(2)10-9-11-22(28(34)35)23-14-18-32(8)25-12-13-26-29(4,5)27(36-21(3)33)16-17-30(26,6)24(25)15-19-31(23,32)7/h10,22-23,26-27H,9,11-19H2,1-8H3,(H,34,35)/t22-,23-,26-,27-,30-,31-,32-/m1/s1. The lowest BCUT2D eigenvalue weighted by Crippen LogP contribution is -2.56. The van der Waals surface area contributed by atoms with Gasteiger partial charge in [-0.15, -0.1) is 0 Å². The van der Waals surface area contributed by atoms with Crippen molar-refractivity contribution in [1.82, 2.24) is 0 Å². The smallest absolute Gasteiger partial charge is 0.306 e. The largest absolute Gasteiger partial charge is 0.481 e. The monoisotopic (exact) mass is 498 g/mol. The van der Waals surface area contributed by atoms with E-state index in [0.29, 0.717) is 5.92 Å². The number of esters is 1. The summed E-state index contributed by atoms with van der Waals surface area (Å²) in [7, 11) is 0. The van der Waals surface area contributed by atoms with Crippen LogP contribution in [-0.4, -0.2) is 23.1 Å². The van der Waals surface area contributed by atoms with Crippen LogP contribution in [0.25, 0.3) is 0 Å². The van der Waals surface area contributed by atoms with Gasteiger partial charge in [0.05, 0.1) is 5.92 Å². The number of rotatable bonds is 6. The maximum absolute atomic E-state index is 12.5. The van der Waals surface area contributed by atoms with Gasteiger partial charge in [-0.25, -0.2) is 0 Å². The van der Waals surface area contributed by atoms with E-state index >= 15 is 0 Å². The number of allylic oxidation sites excluding steroid dienone is 4. The Morgan fingerprint density at radius 1 is 0.972 bits per heavy atom. The van der Waals surface area contributed by atoms with Crippen LogP contribution in [0.15, 0.2) is 22.8 Å². The quantitative estimate of drug-likeness (QED) is 0.297. The van der Waals surface area contributed by atoms with E-state index < -0.39 is 5.97 Å². The molecule has 0 aliphatic heterocycles. The number of hydrogen-bond donors (Lipinski definition) is 1. The van der Waals surface area contributed by atoms with Crippen molar-refractivity contribution in [2.45, 2.75) is 126 Å². The van der Waals surface area contributed by atoms with Crippen LogP contribution in [0.5, 0.6) is 0 Å². The summed E-state index contributed by atoms with van der Waals surface area (Å²) in [6.45, 7) is 17.8. The van der Waals surface area contributed by atoms with Crippen LogP contribution in [0, 0.1) is 39.4 Å². The van der Waals surface area contributed by atoms with E-state index in [1.165, 1.54) is 12.5 Å². The molecule has 0 bridgehead atoms. The molecule has 0 unspecified atom stereocenters. The number of carbonyl (C=O) groups excluding carboxylic acids is 1. The first kappa shape index (κ1) is 27.5. The molecule has 2 saturated carbocycles. The van der Waals surface area contributed by atoms with Crippen molar-refractivity contribution >= 4 is 11.9 Å². The van der Waals surface area contributed by atoms with Crippen molar-refractivity contribution in [3.05, 3.63) is 22.8 Å². The molecule has 0 amide bonds. The minimum Gasteiger partial charge on any atom is -0.481 e. The number of aliphatic carboxylic acids is 1. The lowest BCUT2D eigenvalue weighted by atomic mass is 9.43. The van der Waals surface area contributed by atoms with Gasteiger partial charge in [0.15, 0.2) is 0 Å². The minimum absolute atomic E-state index is 0.00680. The second-order valence-electron chi connectivity index (χ2n) is 14.1. The molecule has 0 saturated heterocycles. The third-order valence-corrected chi connectivity index (χ3v) is 11.9. The lowest BCUT2D eigenvalue weighted by Gasteiger charge is -2.62. The highest BCUT2D eigenvalue weighted by Gasteiger charge is 2.64. The van der Waals surface area contributed by atoms with Gasteiger partial charge in [0.25, 0.3) is 0 Å². The second-order valence-corrected chi connectivity index (χ2v) is 14.1. The Morgan fingerprint density at radius 3 is 2.28 bits per heavy atom. The minimum atomic E-state index is -0.603. The zero-order valence-corrected chi connectivity index (χ0v) is 24.1. The van der Waals surface area contributed by atoms with Gasteiger partial charge in [-0.3, -0.25) is 9.59 Å². The van der Waals surface area contributed by atoms with E-state index in [9.17, 15) is 14.7 Å². The van der Waals surface area contributed by atoms with Gasteiger partial charge in [-0.2, -0.15) is 0 Å². The van der Waals surface area contributed by atoms with Crippen LogP contribution in [0.1, 0.15) is 120 Å². The summed E-state index contributed by atoms with van der Waals surface area (Å²) in [4.78, 5) is 24.3. The van der Waals surface area contributed by atoms with Crippen molar-refractivity contribution in [2.75, 3.05) is 0 Å². The fourth-order valence-electron chi connectivity index (χ4n) is 9.81. The summed E-state index contributed by atoms with van der Waals surface area (Å²) in [5.74, 6) is -0.291. The molecule has 0 spiro atoms. The predicted molar refractivity (Wildman–Crippen MR) is 144 cm³/mol. The van der Waals surface area contributed by atoms with Crippen LogP contribution in [0.4, 0.5) is 0 Å². The first-order valence-corrected chi connectivity index (χ1v) is 14.4. The molecule has 0 heterocycles. The van der Waals surface area contributed by atoms with Crippen molar-refractivity contribution in [3.8, 4) is 0 Å². The fourth-order valence-corrected chi connectivity index (χ4v) is 9.81. The first-order valence-electron chi connectivity index (χ1n) is 14.4. The molecule has 4 nitrogen and oxygen atoms in total. The molecule has 36 heavy (non-hydrogen) atoms.